The van der Waals surface area contributed by atoms with E-state index in [2.05, 4.69) is 41.3 Å². The molecule has 0 aliphatic carbocycles. The minimum atomic E-state index is -0.0955. The fourth-order valence-electron chi connectivity index (χ4n) is 2.15. The van der Waals surface area contributed by atoms with Crippen LogP contribution >= 0.6 is 11.6 Å². The number of aromatic nitrogens is 2. The van der Waals surface area contributed by atoms with Gasteiger partial charge >= 0.3 is 0 Å². The standard InChI is InChI=1S/C15H19ClN2/c1-5-12-6-7-14-13(8-12)17-15(11(4)16)18(14)9-10(2)3/h6-8,11H,2,5,9H2,1,3-4H3. The van der Waals surface area contributed by atoms with Crippen LogP contribution in [0.15, 0.2) is 30.4 Å². The number of allylic oxidation sites excluding steroid dienone is 1. The summed E-state index contributed by atoms with van der Waals surface area (Å²) in [5.41, 5.74) is 4.57. The first-order valence-corrected chi connectivity index (χ1v) is 6.74. The molecule has 3 heteroatoms. The molecule has 1 heterocycles. The molecule has 2 aromatic rings. The van der Waals surface area contributed by atoms with Crippen molar-refractivity contribution < 1.29 is 0 Å². The lowest BCUT2D eigenvalue weighted by molar-refractivity contribution is 0.734. The Kier molecular flexibility index (Phi) is 3.76. The van der Waals surface area contributed by atoms with Crippen LogP contribution in [-0.4, -0.2) is 9.55 Å². The molecule has 0 aliphatic heterocycles. The Bertz CT molecular complexity index is 581. The Balaban J connectivity index is 2.63. The molecule has 1 unspecified atom stereocenters. The Morgan fingerprint density at radius 3 is 2.78 bits per heavy atom. The van der Waals surface area contributed by atoms with Gasteiger partial charge in [-0.1, -0.05) is 25.1 Å². The summed E-state index contributed by atoms with van der Waals surface area (Å²) in [6.45, 7) is 10.9. The highest BCUT2D eigenvalue weighted by Gasteiger charge is 2.14. The van der Waals surface area contributed by atoms with Gasteiger partial charge in [-0.15, -0.1) is 11.6 Å². The Morgan fingerprint density at radius 2 is 2.22 bits per heavy atom. The summed E-state index contributed by atoms with van der Waals surface area (Å²) in [5.74, 6) is 0.919. The molecular weight excluding hydrogens is 244 g/mol. The van der Waals surface area contributed by atoms with Gasteiger partial charge in [0.25, 0.3) is 0 Å². The molecule has 1 aromatic heterocycles. The van der Waals surface area contributed by atoms with E-state index in [0.717, 1.165) is 35.4 Å². The van der Waals surface area contributed by atoms with E-state index in [0.29, 0.717) is 0 Å². The van der Waals surface area contributed by atoms with Gasteiger partial charge in [0.05, 0.1) is 16.4 Å². The van der Waals surface area contributed by atoms with Crippen molar-refractivity contribution in [2.45, 2.75) is 39.1 Å². The van der Waals surface area contributed by atoms with Gasteiger partial charge in [-0.3, -0.25) is 0 Å². The maximum atomic E-state index is 6.22. The maximum absolute atomic E-state index is 6.22. The third kappa shape index (κ3) is 2.44. The first-order valence-electron chi connectivity index (χ1n) is 6.30. The Hall–Kier alpha value is -1.28. The second-order valence-corrected chi connectivity index (χ2v) is 5.46. The third-order valence-corrected chi connectivity index (χ3v) is 3.23. The summed E-state index contributed by atoms with van der Waals surface area (Å²) in [4.78, 5) is 4.66. The molecule has 0 amide bonds. The molecule has 0 saturated heterocycles. The number of hydrogen-bond acceptors (Lipinski definition) is 1. The number of halogens is 1. The molecule has 0 aliphatic rings. The topological polar surface area (TPSA) is 17.8 Å². The molecule has 0 spiro atoms. The number of alkyl halides is 1. The van der Waals surface area contributed by atoms with Crippen molar-refractivity contribution in [2.24, 2.45) is 0 Å². The lowest BCUT2D eigenvalue weighted by Crippen LogP contribution is -2.05. The van der Waals surface area contributed by atoms with Crippen molar-refractivity contribution in [3.8, 4) is 0 Å². The lowest BCUT2D eigenvalue weighted by atomic mass is 10.1. The van der Waals surface area contributed by atoms with Crippen molar-refractivity contribution in [1.82, 2.24) is 9.55 Å². The number of nitrogens with zero attached hydrogens (tertiary/aromatic N) is 2. The summed E-state index contributed by atoms with van der Waals surface area (Å²) in [5, 5.41) is -0.0955. The van der Waals surface area contributed by atoms with E-state index in [1.165, 1.54) is 5.56 Å². The van der Waals surface area contributed by atoms with Crippen LogP contribution in [0.2, 0.25) is 0 Å². The highest BCUT2D eigenvalue weighted by atomic mass is 35.5. The molecule has 0 bridgehead atoms. The summed E-state index contributed by atoms with van der Waals surface area (Å²) in [6.07, 6.45) is 1.02. The Labute approximate surface area is 113 Å². The van der Waals surface area contributed by atoms with Crippen LogP contribution < -0.4 is 0 Å². The third-order valence-electron chi connectivity index (χ3n) is 3.03. The molecule has 0 saturated carbocycles. The molecule has 18 heavy (non-hydrogen) atoms. The SMILES string of the molecule is C=C(C)Cn1c(C(C)Cl)nc2cc(CC)ccc21. The molecule has 1 atom stereocenters. The van der Waals surface area contributed by atoms with E-state index < -0.39 is 0 Å². The van der Waals surface area contributed by atoms with E-state index >= 15 is 0 Å². The fourth-order valence-corrected chi connectivity index (χ4v) is 2.32. The minimum absolute atomic E-state index is 0.0955. The van der Waals surface area contributed by atoms with Crippen LogP contribution in [0.4, 0.5) is 0 Å². The predicted octanol–water partition coefficient (Wildman–Crippen LogP) is 4.47. The van der Waals surface area contributed by atoms with Gasteiger partial charge in [-0.25, -0.2) is 4.98 Å². The highest BCUT2D eigenvalue weighted by molar-refractivity contribution is 6.20. The summed E-state index contributed by atoms with van der Waals surface area (Å²) in [7, 11) is 0. The van der Waals surface area contributed by atoms with Crippen LogP contribution in [0.3, 0.4) is 0 Å². The summed E-state index contributed by atoms with van der Waals surface area (Å²) >= 11 is 6.22. The number of benzene rings is 1. The van der Waals surface area contributed by atoms with Crippen molar-refractivity contribution in [1.29, 1.82) is 0 Å². The summed E-state index contributed by atoms with van der Waals surface area (Å²) in [6, 6.07) is 6.43. The zero-order valence-electron chi connectivity index (χ0n) is 11.2. The van der Waals surface area contributed by atoms with Crippen molar-refractivity contribution in [3.05, 3.63) is 41.7 Å². The second-order valence-electron chi connectivity index (χ2n) is 4.81. The van der Waals surface area contributed by atoms with Gasteiger partial charge in [0.2, 0.25) is 0 Å². The van der Waals surface area contributed by atoms with E-state index in [1.54, 1.807) is 0 Å². The van der Waals surface area contributed by atoms with Gasteiger partial charge < -0.3 is 4.57 Å². The quantitative estimate of drug-likeness (QED) is 0.587. The average Bonchev–Trinajstić information content (AvgIpc) is 2.66. The highest BCUT2D eigenvalue weighted by Crippen LogP contribution is 2.26. The molecule has 2 nitrogen and oxygen atoms in total. The van der Waals surface area contributed by atoms with Crippen molar-refractivity contribution in [3.63, 3.8) is 0 Å². The fraction of sp³-hybridized carbons (Fsp3) is 0.400. The first-order chi connectivity index (χ1) is 8.52. The van der Waals surface area contributed by atoms with Crippen molar-refractivity contribution in [2.75, 3.05) is 0 Å². The van der Waals surface area contributed by atoms with Gasteiger partial charge in [0.1, 0.15) is 5.82 Å². The van der Waals surface area contributed by atoms with Gasteiger partial charge in [-0.2, -0.15) is 0 Å². The number of imidazole rings is 1. The smallest absolute Gasteiger partial charge is 0.128 e. The van der Waals surface area contributed by atoms with Crippen LogP contribution in [0, 0.1) is 0 Å². The minimum Gasteiger partial charge on any atom is -0.323 e. The first kappa shape index (κ1) is 13.2. The normalized spacial score (nSPS) is 12.9. The van der Waals surface area contributed by atoms with Gasteiger partial charge in [0.15, 0.2) is 0 Å². The zero-order valence-corrected chi connectivity index (χ0v) is 12.0. The molecule has 96 valence electrons. The average molecular weight is 263 g/mol. The van der Waals surface area contributed by atoms with Crippen LogP contribution in [0.25, 0.3) is 11.0 Å². The number of aryl methyl sites for hydroxylation is 1. The number of fused-ring (bicyclic) bond motifs is 1. The van der Waals surface area contributed by atoms with Crippen LogP contribution in [0.1, 0.15) is 37.5 Å². The molecule has 2 rings (SSSR count). The van der Waals surface area contributed by atoms with E-state index in [4.69, 9.17) is 11.6 Å². The number of rotatable bonds is 4. The monoisotopic (exact) mass is 262 g/mol. The Morgan fingerprint density at radius 1 is 1.50 bits per heavy atom. The molecule has 0 radical (unpaired) electrons. The van der Waals surface area contributed by atoms with Gasteiger partial charge in [0, 0.05) is 6.54 Å². The lowest BCUT2D eigenvalue weighted by Gasteiger charge is -2.10. The predicted molar refractivity (Wildman–Crippen MR) is 78.2 cm³/mol. The van der Waals surface area contributed by atoms with Crippen LogP contribution in [0.5, 0.6) is 0 Å². The van der Waals surface area contributed by atoms with E-state index in [1.807, 2.05) is 13.8 Å². The molecule has 0 fully saturated rings. The largest absolute Gasteiger partial charge is 0.323 e. The maximum Gasteiger partial charge on any atom is 0.128 e. The van der Waals surface area contributed by atoms with Gasteiger partial charge in [-0.05, 0) is 38.0 Å². The summed E-state index contributed by atoms with van der Waals surface area (Å²) < 4.78 is 2.16. The molecule has 0 N–H and O–H groups in total. The number of hydrogen-bond donors (Lipinski definition) is 0. The van der Waals surface area contributed by atoms with E-state index in [-0.39, 0.29) is 5.38 Å². The molecular formula is C15H19ClN2. The van der Waals surface area contributed by atoms with Crippen LogP contribution in [-0.2, 0) is 13.0 Å². The van der Waals surface area contributed by atoms with Crippen molar-refractivity contribution >= 4 is 22.6 Å². The zero-order chi connectivity index (χ0) is 13.3. The second kappa shape index (κ2) is 5.15. The van der Waals surface area contributed by atoms with E-state index in [9.17, 15) is 0 Å². The molecule has 1 aromatic carbocycles.